The second-order valence-corrected chi connectivity index (χ2v) is 12.4. The van der Waals surface area contributed by atoms with E-state index in [0.29, 0.717) is 10.8 Å². The molecule has 0 bridgehead atoms. The Balaban J connectivity index is 0.000000460. The summed E-state index contributed by atoms with van der Waals surface area (Å²) in [6.45, 7) is 14.9. The van der Waals surface area contributed by atoms with E-state index in [0.717, 1.165) is 35.5 Å². The molecule has 0 radical (unpaired) electrons. The maximum atomic E-state index is 2.70. The molecule has 0 heteroatoms. The van der Waals surface area contributed by atoms with Gasteiger partial charge in [-0.05, 0) is 104 Å². The molecular formula is C30H52. The van der Waals surface area contributed by atoms with Gasteiger partial charge in [-0.25, -0.2) is 0 Å². The minimum absolute atomic E-state index is 0. The average Bonchev–Trinajstić information content (AvgIpc) is 3.37. The second kappa shape index (κ2) is 9.15. The third kappa shape index (κ3) is 4.23. The molecule has 5 aliphatic carbocycles. The molecule has 30 heavy (non-hydrogen) atoms. The van der Waals surface area contributed by atoms with E-state index in [2.05, 4.69) is 53.7 Å². The topological polar surface area (TPSA) is 0 Å². The van der Waals surface area contributed by atoms with Gasteiger partial charge in [0.05, 0.1) is 0 Å². The largest absolute Gasteiger partial charge is 0.0805 e. The number of rotatable bonds is 3. The lowest BCUT2D eigenvalue weighted by Gasteiger charge is -2.57. The molecule has 7 atom stereocenters. The second-order valence-electron chi connectivity index (χ2n) is 12.4. The summed E-state index contributed by atoms with van der Waals surface area (Å²) >= 11 is 0. The van der Waals surface area contributed by atoms with Crippen LogP contribution in [-0.4, -0.2) is 0 Å². The van der Waals surface area contributed by atoms with Crippen LogP contribution in [0.25, 0.3) is 0 Å². The van der Waals surface area contributed by atoms with Crippen molar-refractivity contribution < 1.29 is 0 Å². The molecule has 0 spiro atoms. The molecule has 5 rings (SSSR count). The van der Waals surface area contributed by atoms with Crippen molar-refractivity contribution in [2.45, 2.75) is 120 Å². The first-order chi connectivity index (χ1) is 13.8. The molecule has 0 aromatic carbocycles. The summed E-state index contributed by atoms with van der Waals surface area (Å²) in [4.78, 5) is 0. The molecule has 0 saturated heterocycles. The van der Waals surface area contributed by atoms with E-state index in [1.165, 1.54) is 70.6 Å². The van der Waals surface area contributed by atoms with E-state index >= 15 is 0 Å². The molecule has 3 fully saturated rings. The summed E-state index contributed by atoms with van der Waals surface area (Å²) in [7, 11) is 0. The summed E-state index contributed by atoms with van der Waals surface area (Å²) in [5, 5.41) is 0. The fourth-order valence-electron chi connectivity index (χ4n) is 8.26. The maximum absolute atomic E-state index is 2.70. The van der Waals surface area contributed by atoms with Crippen molar-refractivity contribution in [3.63, 3.8) is 0 Å². The van der Waals surface area contributed by atoms with E-state index in [1.54, 1.807) is 11.1 Å². The Morgan fingerprint density at radius 1 is 1.03 bits per heavy atom. The normalized spacial score (nSPS) is 42.9. The van der Waals surface area contributed by atoms with Crippen LogP contribution in [0.1, 0.15) is 120 Å². The Kier molecular flexibility index (Phi) is 7.36. The fourth-order valence-corrected chi connectivity index (χ4v) is 8.26. The van der Waals surface area contributed by atoms with Gasteiger partial charge in [0.1, 0.15) is 0 Å². The molecule has 7 unspecified atom stereocenters. The lowest BCUT2D eigenvalue weighted by Crippen LogP contribution is -2.49. The van der Waals surface area contributed by atoms with Gasteiger partial charge >= 0.3 is 0 Å². The third-order valence-corrected chi connectivity index (χ3v) is 10.3. The molecule has 0 N–H and O–H groups in total. The van der Waals surface area contributed by atoms with Crippen molar-refractivity contribution in [3.8, 4) is 0 Å². The van der Waals surface area contributed by atoms with E-state index in [4.69, 9.17) is 0 Å². The minimum atomic E-state index is 0. The SMILES string of the molecule is C.CC1CC1.CCCC(C)C1CCC2C3CC=C4C=C(C)CCC4(C)C3CCC12C. The lowest BCUT2D eigenvalue weighted by molar-refractivity contribution is -0.0452. The zero-order chi connectivity index (χ0) is 20.8. The molecule has 172 valence electrons. The highest BCUT2D eigenvalue weighted by Crippen LogP contribution is 2.67. The first-order valence-corrected chi connectivity index (χ1v) is 13.2. The van der Waals surface area contributed by atoms with Crippen LogP contribution in [0.2, 0.25) is 0 Å². The lowest BCUT2D eigenvalue weighted by atomic mass is 9.47. The van der Waals surface area contributed by atoms with Gasteiger partial charge in [0, 0.05) is 0 Å². The van der Waals surface area contributed by atoms with Crippen LogP contribution in [0.15, 0.2) is 23.3 Å². The van der Waals surface area contributed by atoms with E-state index < -0.39 is 0 Å². The zero-order valence-electron chi connectivity index (χ0n) is 20.4. The summed E-state index contributed by atoms with van der Waals surface area (Å²) in [6, 6.07) is 0. The van der Waals surface area contributed by atoms with Crippen molar-refractivity contribution >= 4 is 0 Å². The molecule has 0 amide bonds. The van der Waals surface area contributed by atoms with Crippen molar-refractivity contribution in [2.75, 3.05) is 0 Å². The Morgan fingerprint density at radius 3 is 2.37 bits per heavy atom. The number of hydrogen-bond acceptors (Lipinski definition) is 0. The van der Waals surface area contributed by atoms with Gasteiger partial charge in [-0.2, -0.15) is 0 Å². The van der Waals surface area contributed by atoms with Gasteiger partial charge < -0.3 is 0 Å². The molecule has 0 heterocycles. The van der Waals surface area contributed by atoms with Gasteiger partial charge in [-0.1, -0.05) is 85.5 Å². The first-order valence-electron chi connectivity index (χ1n) is 13.2. The molecule has 0 aromatic heterocycles. The van der Waals surface area contributed by atoms with Crippen molar-refractivity contribution in [2.24, 2.45) is 46.3 Å². The van der Waals surface area contributed by atoms with Crippen molar-refractivity contribution in [1.82, 2.24) is 0 Å². The Hall–Kier alpha value is -0.520. The van der Waals surface area contributed by atoms with Crippen LogP contribution in [0.5, 0.6) is 0 Å². The smallest absolute Gasteiger partial charge is 0.00443 e. The van der Waals surface area contributed by atoms with E-state index in [-0.39, 0.29) is 7.43 Å². The molecule has 0 nitrogen and oxygen atoms in total. The van der Waals surface area contributed by atoms with Crippen LogP contribution in [0, 0.1) is 46.3 Å². The molecule has 0 aliphatic heterocycles. The zero-order valence-corrected chi connectivity index (χ0v) is 20.4. The Bertz CT molecular complexity index is 649. The standard InChI is InChI=1S/C25H40.C4H8.CH4/c1-6-7-18(3)21-10-11-22-20-9-8-19-16-17(2)12-14-24(19,4)23(20)13-15-25(21,22)5;1-4-2-3-4;/h8,16,18,20-23H,6-7,9-15H2,1-5H3;4H,2-3H2,1H3;1H4. The van der Waals surface area contributed by atoms with Crippen LogP contribution in [0.3, 0.4) is 0 Å². The quantitative estimate of drug-likeness (QED) is 0.432. The van der Waals surface area contributed by atoms with Gasteiger partial charge in [0.15, 0.2) is 0 Å². The maximum Gasteiger partial charge on any atom is -0.00443 e. The minimum Gasteiger partial charge on any atom is -0.0805 e. The third-order valence-electron chi connectivity index (χ3n) is 10.3. The van der Waals surface area contributed by atoms with Crippen molar-refractivity contribution in [3.05, 3.63) is 23.3 Å². The molecular weight excluding hydrogens is 360 g/mol. The number of hydrogen-bond donors (Lipinski definition) is 0. The Morgan fingerprint density at radius 2 is 1.73 bits per heavy atom. The first kappa shape index (κ1) is 24.1. The highest BCUT2D eigenvalue weighted by molar-refractivity contribution is 5.36. The van der Waals surface area contributed by atoms with Gasteiger partial charge in [0.25, 0.3) is 0 Å². The summed E-state index contributed by atoms with van der Waals surface area (Å²) in [5.41, 5.74) is 4.43. The summed E-state index contributed by atoms with van der Waals surface area (Å²) < 4.78 is 0. The van der Waals surface area contributed by atoms with Crippen LogP contribution in [-0.2, 0) is 0 Å². The van der Waals surface area contributed by atoms with Crippen molar-refractivity contribution in [1.29, 1.82) is 0 Å². The number of fused-ring (bicyclic) bond motifs is 5. The number of allylic oxidation sites excluding steroid dienone is 4. The van der Waals surface area contributed by atoms with Crippen LogP contribution < -0.4 is 0 Å². The van der Waals surface area contributed by atoms with E-state index in [9.17, 15) is 0 Å². The highest BCUT2D eigenvalue weighted by Gasteiger charge is 2.58. The Labute approximate surface area is 189 Å². The van der Waals surface area contributed by atoms with Crippen LogP contribution in [0.4, 0.5) is 0 Å². The monoisotopic (exact) mass is 412 g/mol. The summed E-state index contributed by atoms with van der Waals surface area (Å²) in [6.07, 6.45) is 21.1. The predicted molar refractivity (Wildman–Crippen MR) is 134 cm³/mol. The predicted octanol–water partition coefficient (Wildman–Crippen LogP) is 9.61. The molecule has 3 saturated carbocycles. The summed E-state index contributed by atoms with van der Waals surface area (Å²) in [5.74, 6) is 5.93. The van der Waals surface area contributed by atoms with E-state index in [1.807, 2.05) is 0 Å². The highest BCUT2D eigenvalue weighted by atomic mass is 14.6. The van der Waals surface area contributed by atoms with Gasteiger partial charge in [-0.3, -0.25) is 0 Å². The molecule has 0 aromatic rings. The molecule has 5 aliphatic rings. The average molecular weight is 413 g/mol. The van der Waals surface area contributed by atoms with Gasteiger partial charge in [0.2, 0.25) is 0 Å². The van der Waals surface area contributed by atoms with Gasteiger partial charge in [-0.15, -0.1) is 0 Å². The van der Waals surface area contributed by atoms with Crippen LogP contribution >= 0.6 is 0 Å². The fraction of sp³-hybridized carbons (Fsp3) is 0.867.